The SMILES string of the molecule is CCN(CC)C(=O)CSc1nc2cc(Cl)ccc2s1. The molecule has 6 heteroatoms. The minimum absolute atomic E-state index is 0.160. The van der Waals surface area contributed by atoms with E-state index >= 15 is 0 Å². The van der Waals surface area contributed by atoms with Crippen LogP contribution in [0.4, 0.5) is 0 Å². The molecule has 0 spiro atoms. The van der Waals surface area contributed by atoms with E-state index in [2.05, 4.69) is 4.98 Å². The highest BCUT2D eigenvalue weighted by atomic mass is 35.5. The predicted octanol–water partition coefficient (Wildman–Crippen LogP) is 3.91. The first-order valence-electron chi connectivity index (χ1n) is 6.10. The smallest absolute Gasteiger partial charge is 0.232 e. The van der Waals surface area contributed by atoms with Gasteiger partial charge in [-0.2, -0.15) is 0 Å². The topological polar surface area (TPSA) is 33.2 Å². The number of hydrogen-bond acceptors (Lipinski definition) is 4. The van der Waals surface area contributed by atoms with Crippen molar-refractivity contribution in [3.8, 4) is 0 Å². The van der Waals surface area contributed by atoms with E-state index in [1.54, 1.807) is 11.3 Å². The summed E-state index contributed by atoms with van der Waals surface area (Å²) in [5.41, 5.74) is 0.898. The lowest BCUT2D eigenvalue weighted by Crippen LogP contribution is -2.31. The van der Waals surface area contributed by atoms with E-state index in [1.807, 2.05) is 36.9 Å². The maximum Gasteiger partial charge on any atom is 0.232 e. The highest BCUT2D eigenvalue weighted by molar-refractivity contribution is 8.01. The van der Waals surface area contributed by atoms with Gasteiger partial charge in [0.25, 0.3) is 0 Å². The van der Waals surface area contributed by atoms with Gasteiger partial charge in [-0.3, -0.25) is 4.79 Å². The molecule has 1 heterocycles. The fourth-order valence-electron chi connectivity index (χ4n) is 1.73. The molecule has 2 rings (SSSR count). The molecule has 3 nitrogen and oxygen atoms in total. The molecule has 0 N–H and O–H groups in total. The molecule has 0 atom stereocenters. The Balaban J connectivity index is 2.03. The summed E-state index contributed by atoms with van der Waals surface area (Å²) in [6, 6.07) is 5.67. The molecule has 0 aliphatic heterocycles. The number of carbonyl (C=O) groups excluding carboxylic acids is 1. The summed E-state index contributed by atoms with van der Waals surface area (Å²) < 4.78 is 2.01. The van der Waals surface area contributed by atoms with Crippen LogP contribution in [0.25, 0.3) is 10.2 Å². The third kappa shape index (κ3) is 3.61. The molecule has 0 aliphatic rings. The fraction of sp³-hybridized carbons (Fsp3) is 0.385. The van der Waals surface area contributed by atoms with Gasteiger partial charge in [0.05, 0.1) is 16.0 Å². The number of rotatable bonds is 5. The van der Waals surface area contributed by atoms with Gasteiger partial charge in [0.15, 0.2) is 4.34 Å². The second-order valence-electron chi connectivity index (χ2n) is 3.95. The third-order valence-corrected chi connectivity index (χ3v) is 5.16. The molecule has 1 aromatic heterocycles. The van der Waals surface area contributed by atoms with Gasteiger partial charge in [0, 0.05) is 18.1 Å². The van der Waals surface area contributed by atoms with Crippen molar-refractivity contribution in [1.29, 1.82) is 0 Å². The Kier molecular flexibility index (Phi) is 5.07. The van der Waals surface area contributed by atoms with Crippen molar-refractivity contribution in [2.75, 3.05) is 18.8 Å². The lowest BCUT2D eigenvalue weighted by molar-refractivity contribution is -0.127. The van der Waals surface area contributed by atoms with Gasteiger partial charge in [-0.25, -0.2) is 4.98 Å². The van der Waals surface area contributed by atoms with Crippen LogP contribution in [0.5, 0.6) is 0 Å². The second-order valence-corrected chi connectivity index (χ2v) is 6.64. The number of carbonyl (C=O) groups is 1. The van der Waals surface area contributed by atoms with E-state index < -0.39 is 0 Å². The normalized spacial score (nSPS) is 10.9. The molecule has 0 saturated heterocycles. The summed E-state index contributed by atoms with van der Waals surface area (Å²) in [5, 5.41) is 0.688. The Morgan fingerprint density at radius 1 is 1.42 bits per heavy atom. The Labute approximate surface area is 126 Å². The summed E-state index contributed by atoms with van der Waals surface area (Å²) in [6.07, 6.45) is 0. The zero-order chi connectivity index (χ0) is 13.8. The molecule has 0 radical (unpaired) electrons. The van der Waals surface area contributed by atoms with Crippen LogP contribution in [0.2, 0.25) is 5.02 Å². The van der Waals surface area contributed by atoms with Gasteiger partial charge in [-0.15, -0.1) is 11.3 Å². The van der Waals surface area contributed by atoms with Crippen LogP contribution < -0.4 is 0 Å². The maximum absolute atomic E-state index is 11.9. The number of hydrogen-bond donors (Lipinski definition) is 0. The van der Waals surface area contributed by atoms with Gasteiger partial charge in [0.2, 0.25) is 5.91 Å². The quantitative estimate of drug-likeness (QED) is 0.784. The molecule has 1 amide bonds. The number of halogens is 1. The molecule has 0 fully saturated rings. The highest BCUT2D eigenvalue weighted by Gasteiger charge is 2.12. The first-order valence-corrected chi connectivity index (χ1v) is 8.28. The van der Waals surface area contributed by atoms with Gasteiger partial charge < -0.3 is 4.90 Å². The number of thioether (sulfide) groups is 1. The van der Waals surface area contributed by atoms with E-state index in [9.17, 15) is 4.79 Å². The monoisotopic (exact) mass is 314 g/mol. The number of aromatic nitrogens is 1. The average molecular weight is 315 g/mol. The van der Waals surface area contributed by atoms with Gasteiger partial charge >= 0.3 is 0 Å². The van der Waals surface area contributed by atoms with Crippen molar-refractivity contribution in [1.82, 2.24) is 9.88 Å². The lowest BCUT2D eigenvalue weighted by atomic mass is 10.3. The average Bonchev–Trinajstić information content (AvgIpc) is 2.79. The van der Waals surface area contributed by atoms with E-state index in [1.165, 1.54) is 11.8 Å². The van der Waals surface area contributed by atoms with Crippen LogP contribution in [-0.2, 0) is 4.79 Å². The standard InChI is InChI=1S/C13H15ClN2OS2/c1-3-16(4-2)12(17)8-18-13-15-10-7-9(14)5-6-11(10)19-13/h5-7H,3-4,8H2,1-2H3. The van der Waals surface area contributed by atoms with Crippen molar-refractivity contribution >= 4 is 50.8 Å². The van der Waals surface area contributed by atoms with Crippen LogP contribution in [0.1, 0.15) is 13.8 Å². The molecule has 19 heavy (non-hydrogen) atoms. The summed E-state index contributed by atoms with van der Waals surface area (Å²) in [5.74, 6) is 0.599. The van der Waals surface area contributed by atoms with E-state index in [4.69, 9.17) is 11.6 Å². The molecular weight excluding hydrogens is 300 g/mol. The zero-order valence-electron chi connectivity index (χ0n) is 10.9. The highest BCUT2D eigenvalue weighted by Crippen LogP contribution is 2.31. The van der Waals surface area contributed by atoms with Crippen LogP contribution in [0.15, 0.2) is 22.5 Å². The summed E-state index contributed by atoms with van der Waals surface area (Å²) >= 11 is 9.02. The van der Waals surface area contributed by atoms with Crippen molar-refractivity contribution < 1.29 is 4.79 Å². The molecule has 0 bridgehead atoms. The van der Waals surface area contributed by atoms with Crippen molar-refractivity contribution in [2.24, 2.45) is 0 Å². The minimum atomic E-state index is 0.160. The number of nitrogens with zero attached hydrogens (tertiary/aromatic N) is 2. The maximum atomic E-state index is 11.9. The molecule has 0 unspecified atom stereocenters. The first kappa shape index (κ1) is 14.6. The van der Waals surface area contributed by atoms with Crippen LogP contribution in [-0.4, -0.2) is 34.6 Å². The number of thiazole rings is 1. The first-order chi connectivity index (χ1) is 9.13. The van der Waals surface area contributed by atoms with Crippen LogP contribution in [0, 0.1) is 0 Å². The fourth-order valence-corrected chi connectivity index (χ4v) is 3.85. The molecule has 1 aromatic carbocycles. The summed E-state index contributed by atoms with van der Waals surface area (Å²) in [4.78, 5) is 18.2. The molecular formula is C13H15ClN2OS2. The number of benzene rings is 1. The number of amides is 1. The lowest BCUT2D eigenvalue weighted by Gasteiger charge is -2.17. The van der Waals surface area contributed by atoms with E-state index in [0.29, 0.717) is 10.8 Å². The minimum Gasteiger partial charge on any atom is -0.343 e. The van der Waals surface area contributed by atoms with Gasteiger partial charge in [0.1, 0.15) is 0 Å². The molecule has 102 valence electrons. The van der Waals surface area contributed by atoms with Crippen LogP contribution in [0.3, 0.4) is 0 Å². The van der Waals surface area contributed by atoms with Crippen LogP contribution >= 0.6 is 34.7 Å². The molecule has 0 saturated carbocycles. The van der Waals surface area contributed by atoms with Gasteiger partial charge in [-0.1, -0.05) is 23.4 Å². The second kappa shape index (κ2) is 6.59. The van der Waals surface area contributed by atoms with Crippen molar-refractivity contribution in [2.45, 2.75) is 18.2 Å². The van der Waals surface area contributed by atoms with Gasteiger partial charge in [-0.05, 0) is 32.0 Å². The molecule has 0 aliphatic carbocycles. The molecule has 2 aromatic rings. The summed E-state index contributed by atoms with van der Waals surface area (Å²) in [6.45, 7) is 5.49. The zero-order valence-corrected chi connectivity index (χ0v) is 13.2. The van der Waals surface area contributed by atoms with E-state index in [-0.39, 0.29) is 5.91 Å². The third-order valence-electron chi connectivity index (χ3n) is 2.77. The Morgan fingerprint density at radius 2 is 2.16 bits per heavy atom. The van der Waals surface area contributed by atoms with E-state index in [0.717, 1.165) is 27.6 Å². The largest absolute Gasteiger partial charge is 0.343 e. The van der Waals surface area contributed by atoms with Crippen molar-refractivity contribution in [3.63, 3.8) is 0 Å². The Hall–Kier alpha value is -0.780. The Bertz CT molecular complexity index is 581. The number of fused-ring (bicyclic) bond motifs is 1. The Morgan fingerprint density at radius 3 is 2.84 bits per heavy atom. The van der Waals surface area contributed by atoms with Crippen molar-refractivity contribution in [3.05, 3.63) is 23.2 Å². The predicted molar refractivity (Wildman–Crippen MR) is 83.3 cm³/mol. The summed E-state index contributed by atoms with van der Waals surface area (Å²) in [7, 11) is 0.